The number of pyridine rings is 2. The summed E-state index contributed by atoms with van der Waals surface area (Å²) in [5, 5.41) is 4.46. The largest absolute Gasteiger partial charge is 0.294 e. The molecule has 3 aromatic carbocycles. The summed E-state index contributed by atoms with van der Waals surface area (Å²) in [6, 6.07) is 44.5. The molecule has 7 heteroatoms. The van der Waals surface area contributed by atoms with E-state index in [-0.39, 0.29) is 0 Å². The zero-order valence-electron chi connectivity index (χ0n) is 25.5. The number of thiophene rings is 2. The van der Waals surface area contributed by atoms with Crippen LogP contribution in [0.3, 0.4) is 0 Å². The molecule has 0 saturated heterocycles. The molecule has 5 nitrogen and oxygen atoms in total. The molecule has 0 saturated carbocycles. The van der Waals surface area contributed by atoms with Crippen LogP contribution in [0.2, 0.25) is 0 Å². The highest BCUT2D eigenvalue weighted by Crippen LogP contribution is 2.65. The molecule has 2 aliphatic rings. The van der Waals surface area contributed by atoms with Gasteiger partial charge in [0.1, 0.15) is 11.5 Å². The van der Waals surface area contributed by atoms with Crippen molar-refractivity contribution in [2.75, 3.05) is 4.90 Å². The molecule has 8 aromatic rings. The summed E-state index contributed by atoms with van der Waals surface area (Å²) in [7, 11) is 0. The Morgan fingerprint density at radius 2 is 1.15 bits per heavy atom. The molecule has 48 heavy (non-hydrogen) atoms. The van der Waals surface area contributed by atoms with E-state index in [4.69, 9.17) is 15.0 Å². The molecular weight excluding hydrogens is 627 g/mol. The van der Waals surface area contributed by atoms with E-state index in [2.05, 4.69) is 112 Å². The molecule has 0 N–H and O–H groups in total. The van der Waals surface area contributed by atoms with Crippen LogP contribution in [0.1, 0.15) is 22.3 Å². The summed E-state index contributed by atoms with van der Waals surface area (Å²) in [6.45, 7) is 0. The van der Waals surface area contributed by atoms with Gasteiger partial charge in [0, 0.05) is 44.5 Å². The van der Waals surface area contributed by atoms with Gasteiger partial charge in [0.15, 0.2) is 5.82 Å². The Morgan fingerprint density at radius 3 is 1.88 bits per heavy atom. The van der Waals surface area contributed by atoms with Gasteiger partial charge in [-0.05, 0) is 82.0 Å². The lowest BCUT2D eigenvalue weighted by atomic mass is 9.66. The first-order chi connectivity index (χ1) is 23.8. The second kappa shape index (κ2) is 10.6. The Morgan fingerprint density at radius 1 is 0.500 bits per heavy atom. The maximum atomic E-state index is 5.09. The van der Waals surface area contributed by atoms with E-state index < -0.39 is 5.41 Å². The van der Waals surface area contributed by atoms with Gasteiger partial charge < -0.3 is 0 Å². The van der Waals surface area contributed by atoms with Crippen LogP contribution in [0.4, 0.5) is 17.2 Å². The fraction of sp³-hybridized carbons (Fsp3) is 0.0244. The van der Waals surface area contributed by atoms with Gasteiger partial charge in [-0.3, -0.25) is 9.88 Å². The molecule has 0 atom stereocenters. The molecule has 0 bridgehead atoms. The number of hydrogen-bond acceptors (Lipinski definition) is 7. The SMILES string of the molecule is c1ccc(-c2cc(-c3ccc(N4c5ccccc5C5(c6cccnc64)c4ccsc4-c4sccc45)cc3)nc(-c3ccccn3)n2)cc1. The predicted octanol–water partition coefficient (Wildman–Crippen LogP) is 10.5. The standard InChI is InChI=1S/C41H25N5S2/c1-2-9-26(10-3-1)34-25-35(45-39(44-34)33-13-6-7-21-42-33)27-15-17-28(18-16-27)46-36-14-5-4-11-29(36)41(32-12-8-22-43-40(32)46)30-19-23-47-37(30)38-31(41)20-24-48-38/h1-25H. The summed E-state index contributed by atoms with van der Waals surface area (Å²) in [5.74, 6) is 1.55. The van der Waals surface area contributed by atoms with Gasteiger partial charge in [0.2, 0.25) is 0 Å². The van der Waals surface area contributed by atoms with Crippen LogP contribution in [0.5, 0.6) is 0 Å². The van der Waals surface area contributed by atoms with Crippen molar-refractivity contribution in [2.24, 2.45) is 0 Å². The molecule has 0 unspecified atom stereocenters. The second-order valence-corrected chi connectivity index (χ2v) is 13.7. The van der Waals surface area contributed by atoms with Crippen molar-refractivity contribution in [1.82, 2.24) is 19.9 Å². The zero-order valence-corrected chi connectivity index (χ0v) is 27.1. The van der Waals surface area contributed by atoms with Crippen molar-refractivity contribution in [2.45, 2.75) is 5.41 Å². The minimum atomic E-state index is -0.405. The molecule has 1 aliphatic carbocycles. The van der Waals surface area contributed by atoms with Gasteiger partial charge in [-0.15, -0.1) is 22.7 Å². The number of rotatable bonds is 4. The molecule has 0 amide bonds. The van der Waals surface area contributed by atoms with E-state index in [1.165, 1.54) is 32.0 Å². The number of benzene rings is 3. The van der Waals surface area contributed by atoms with Gasteiger partial charge in [-0.2, -0.15) is 0 Å². The molecule has 0 radical (unpaired) electrons. The number of fused-ring (bicyclic) bond motifs is 9. The summed E-state index contributed by atoms with van der Waals surface area (Å²) in [5.41, 5.74) is 11.4. The van der Waals surface area contributed by atoms with Gasteiger partial charge >= 0.3 is 0 Å². The first-order valence-electron chi connectivity index (χ1n) is 15.8. The van der Waals surface area contributed by atoms with E-state index in [0.717, 1.165) is 45.4 Å². The van der Waals surface area contributed by atoms with Crippen molar-refractivity contribution in [3.05, 3.63) is 173 Å². The van der Waals surface area contributed by atoms with E-state index >= 15 is 0 Å². The van der Waals surface area contributed by atoms with Gasteiger partial charge in [0.05, 0.1) is 22.5 Å². The van der Waals surface area contributed by atoms with Gasteiger partial charge in [0.25, 0.3) is 0 Å². The van der Waals surface area contributed by atoms with E-state index in [9.17, 15) is 0 Å². The summed E-state index contributed by atoms with van der Waals surface area (Å²) >= 11 is 3.67. The van der Waals surface area contributed by atoms with Crippen molar-refractivity contribution in [3.63, 3.8) is 0 Å². The summed E-state index contributed by atoms with van der Waals surface area (Å²) in [6.07, 6.45) is 3.68. The Labute approximate surface area is 285 Å². The van der Waals surface area contributed by atoms with E-state index in [1.54, 1.807) is 6.20 Å². The third-order valence-corrected chi connectivity index (χ3v) is 11.4. The molecule has 226 valence electrons. The Kier molecular flexibility index (Phi) is 6.06. The van der Waals surface area contributed by atoms with Gasteiger partial charge in [-0.25, -0.2) is 15.0 Å². The summed E-state index contributed by atoms with van der Waals surface area (Å²) < 4.78 is 0. The van der Waals surface area contributed by atoms with Crippen molar-refractivity contribution in [3.8, 4) is 43.8 Å². The molecule has 6 heterocycles. The molecule has 10 rings (SSSR count). The lowest BCUT2D eigenvalue weighted by molar-refractivity contribution is 0.748. The Bertz CT molecular complexity index is 2320. The Balaban J connectivity index is 1.12. The van der Waals surface area contributed by atoms with E-state index in [0.29, 0.717) is 5.82 Å². The zero-order chi connectivity index (χ0) is 31.7. The number of aromatic nitrogens is 4. The molecule has 1 aliphatic heterocycles. The maximum absolute atomic E-state index is 5.09. The fourth-order valence-corrected chi connectivity index (χ4v) is 9.50. The third kappa shape index (κ3) is 3.89. The number of hydrogen-bond donors (Lipinski definition) is 0. The van der Waals surface area contributed by atoms with Gasteiger partial charge in [-0.1, -0.05) is 72.8 Å². The maximum Gasteiger partial charge on any atom is 0.179 e. The smallest absolute Gasteiger partial charge is 0.179 e. The number of para-hydroxylation sites is 1. The van der Waals surface area contributed by atoms with Crippen LogP contribution in [0, 0.1) is 0 Å². The van der Waals surface area contributed by atoms with Crippen LogP contribution in [0.15, 0.2) is 151 Å². The lowest BCUT2D eigenvalue weighted by Gasteiger charge is -2.43. The van der Waals surface area contributed by atoms with Crippen molar-refractivity contribution in [1.29, 1.82) is 0 Å². The van der Waals surface area contributed by atoms with Crippen molar-refractivity contribution >= 4 is 39.9 Å². The normalized spacial score (nSPS) is 13.5. The number of nitrogens with zero attached hydrogens (tertiary/aromatic N) is 5. The fourth-order valence-electron chi connectivity index (χ4n) is 7.40. The van der Waals surface area contributed by atoms with E-state index in [1.807, 2.05) is 65.3 Å². The highest BCUT2D eigenvalue weighted by Gasteiger charge is 2.53. The van der Waals surface area contributed by atoms with Crippen LogP contribution in [-0.4, -0.2) is 19.9 Å². The Hall–Kier alpha value is -5.76. The minimum Gasteiger partial charge on any atom is -0.294 e. The summed E-state index contributed by atoms with van der Waals surface area (Å²) in [4.78, 5) is 24.6. The highest BCUT2D eigenvalue weighted by atomic mass is 32.1. The lowest BCUT2D eigenvalue weighted by Crippen LogP contribution is -2.36. The average Bonchev–Trinajstić information content (AvgIpc) is 3.90. The second-order valence-electron chi connectivity index (χ2n) is 11.9. The van der Waals surface area contributed by atoms with Crippen LogP contribution >= 0.6 is 22.7 Å². The minimum absolute atomic E-state index is 0.405. The predicted molar refractivity (Wildman–Crippen MR) is 195 cm³/mol. The topological polar surface area (TPSA) is 54.8 Å². The monoisotopic (exact) mass is 651 g/mol. The molecule has 1 spiro atoms. The van der Waals surface area contributed by atoms with Crippen molar-refractivity contribution < 1.29 is 0 Å². The third-order valence-electron chi connectivity index (χ3n) is 9.41. The quantitative estimate of drug-likeness (QED) is 0.190. The highest BCUT2D eigenvalue weighted by molar-refractivity contribution is 7.21. The number of anilines is 3. The molecule has 0 fully saturated rings. The first-order valence-corrected chi connectivity index (χ1v) is 17.5. The van der Waals surface area contributed by atoms with Crippen LogP contribution < -0.4 is 4.90 Å². The molecule has 5 aromatic heterocycles. The van der Waals surface area contributed by atoms with Crippen LogP contribution in [-0.2, 0) is 5.41 Å². The average molecular weight is 652 g/mol. The van der Waals surface area contributed by atoms with Crippen LogP contribution in [0.25, 0.3) is 43.8 Å². The first kappa shape index (κ1) is 27.4. The molecular formula is C41H25N5S2.